The SMILES string of the molecule is COCC#Cc1cnc2c(c1)C(=O)N([C@@H](C)CO)C[C@H](C)[C@@H](CN(C)C(=O)c1ccc(F)cc1)O2. The number of nitrogens with zero attached hydrogens (tertiary/aromatic N) is 3. The molecule has 9 heteroatoms. The van der Waals surface area contributed by atoms with Gasteiger partial charge in [0.2, 0.25) is 5.88 Å². The molecule has 0 radical (unpaired) electrons. The second-order valence-corrected chi connectivity index (χ2v) is 8.63. The maximum absolute atomic E-state index is 13.4. The van der Waals surface area contributed by atoms with E-state index in [0.717, 1.165) is 0 Å². The van der Waals surface area contributed by atoms with Gasteiger partial charge in [-0.05, 0) is 37.3 Å². The zero-order valence-corrected chi connectivity index (χ0v) is 20.3. The lowest BCUT2D eigenvalue weighted by Gasteiger charge is -2.37. The fourth-order valence-corrected chi connectivity index (χ4v) is 3.76. The lowest BCUT2D eigenvalue weighted by molar-refractivity contribution is 0.0313. The Labute approximate surface area is 204 Å². The number of aliphatic hydroxyl groups excluding tert-OH is 1. The molecule has 0 fully saturated rings. The van der Waals surface area contributed by atoms with E-state index in [4.69, 9.17) is 9.47 Å². The Kier molecular flexibility index (Phi) is 8.79. The number of rotatable bonds is 6. The number of likely N-dealkylation sites (N-methyl/N-ethyl adjacent to an activating group) is 1. The number of aliphatic hydroxyl groups is 1. The third-order valence-corrected chi connectivity index (χ3v) is 5.86. The van der Waals surface area contributed by atoms with Crippen molar-refractivity contribution in [2.75, 3.05) is 40.5 Å². The van der Waals surface area contributed by atoms with Crippen molar-refractivity contribution in [2.24, 2.45) is 5.92 Å². The van der Waals surface area contributed by atoms with Gasteiger partial charge in [-0.3, -0.25) is 9.59 Å². The Morgan fingerprint density at radius 1 is 1.40 bits per heavy atom. The number of hydrogen-bond acceptors (Lipinski definition) is 6. The van der Waals surface area contributed by atoms with Crippen LogP contribution in [-0.4, -0.2) is 84.3 Å². The van der Waals surface area contributed by atoms with E-state index in [2.05, 4.69) is 16.8 Å². The van der Waals surface area contributed by atoms with Crippen molar-refractivity contribution < 1.29 is 28.6 Å². The predicted molar refractivity (Wildman–Crippen MR) is 128 cm³/mol. The average Bonchev–Trinajstić information content (AvgIpc) is 2.86. The van der Waals surface area contributed by atoms with Gasteiger partial charge in [-0.2, -0.15) is 0 Å². The predicted octanol–water partition coefficient (Wildman–Crippen LogP) is 2.21. The Bertz CT molecular complexity index is 1110. The summed E-state index contributed by atoms with van der Waals surface area (Å²) in [4.78, 5) is 33.7. The number of amides is 2. The number of halogens is 1. The highest BCUT2D eigenvalue weighted by atomic mass is 19.1. The van der Waals surface area contributed by atoms with E-state index in [1.165, 1.54) is 42.5 Å². The van der Waals surface area contributed by atoms with Crippen molar-refractivity contribution in [1.29, 1.82) is 0 Å². The number of carbonyl (C=O) groups excluding carboxylic acids is 2. The zero-order chi connectivity index (χ0) is 25.5. The number of methoxy groups -OCH3 is 1. The first kappa shape index (κ1) is 26.1. The number of hydrogen-bond donors (Lipinski definition) is 1. The van der Waals surface area contributed by atoms with Crippen molar-refractivity contribution in [3.05, 3.63) is 59.0 Å². The van der Waals surface area contributed by atoms with Crippen LogP contribution in [0.5, 0.6) is 5.88 Å². The maximum Gasteiger partial charge on any atom is 0.259 e. The van der Waals surface area contributed by atoms with Gasteiger partial charge in [0.1, 0.15) is 24.1 Å². The van der Waals surface area contributed by atoms with Crippen LogP contribution in [0.15, 0.2) is 36.5 Å². The molecule has 0 aliphatic carbocycles. The maximum atomic E-state index is 13.4. The van der Waals surface area contributed by atoms with E-state index in [1.54, 1.807) is 24.9 Å². The Balaban J connectivity index is 1.92. The highest BCUT2D eigenvalue weighted by Crippen LogP contribution is 2.27. The molecule has 0 spiro atoms. The Hall–Kier alpha value is -3.48. The monoisotopic (exact) mass is 483 g/mol. The number of benzene rings is 1. The molecule has 0 saturated heterocycles. The number of pyridine rings is 1. The van der Waals surface area contributed by atoms with Crippen LogP contribution in [0.25, 0.3) is 0 Å². The van der Waals surface area contributed by atoms with Crippen LogP contribution in [0.4, 0.5) is 4.39 Å². The molecule has 2 amide bonds. The lowest BCUT2D eigenvalue weighted by atomic mass is 9.99. The van der Waals surface area contributed by atoms with Crippen LogP contribution >= 0.6 is 0 Å². The number of fused-ring (bicyclic) bond motifs is 1. The van der Waals surface area contributed by atoms with Gasteiger partial charge in [0, 0.05) is 43.9 Å². The molecule has 1 N–H and O–H groups in total. The van der Waals surface area contributed by atoms with E-state index >= 15 is 0 Å². The molecule has 186 valence electrons. The van der Waals surface area contributed by atoms with Crippen LogP contribution < -0.4 is 4.74 Å². The van der Waals surface area contributed by atoms with E-state index < -0.39 is 18.0 Å². The van der Waals surface area contributed by atoms with Crippen LogP contribution in [0, 0.1) is 23.6 Å². The third kappa shape index (κ3) is 6.35. The molecule has 1 aromatic carbocycles. The fourth-order valence-electron chi connectivity index (χ4n) is 3.76. The Morgan fingerprint density at radius 2 is 2.11 bits per heavy atom. The summed E-state index contributed by atoms with van der Waals surface area (Å²) < 4.78 is 24.4. The van der Waals surface area contributed by atoms with Crippen molar-refractivity contribution in [2.45, 2.75) is 26.0 Å². The highest BCUT2D eigenvalue weighted by Gasteiger charge is 2.34. The molecule has 35 heavy (non-hydrogen) atoms. The summed E-state index contributed by atoms with van der Waals surface area (Å²) in [5.41, 5.74) is 1.12. The largest absolute Gasteiger partial charge is 0.472 e. The summed E-state index contributed by atoms with van der Waals surface area (Å²) in [6.45, 7) is 4.24. The van der Waals surface area contributed by atoms with Crippen LogP contribution in [0.2, 0.25) is 0 Å². The van der Waals surface area contributed by atoms with Crippen molar-refractivity contribution >= 4 is 11.8 Å². The first-order valence-corrected chi connectivity index (χ1v) is 11.3. The molecule has 2 heterocycles. The van der Waals surface area contributed by atoms with E-state index in [1.807, 2.05) is 6.92 Å². The van der Waals surface area contributed by atoms with Crippen molar-refractivity contribution in [1.82, 2.24) is 14.8 Å². The minimum absolute atomic E-state index is 0.140. The molecule has 2 aromatic rings. The molecule has 3 atom stereocenters. The van der Waals surface area contributed by atoms with Gasteiger partial charge < -0.3 is 24.4 Å². The first-order chi connectivity index (χ1) is 16.7. The van der Waals surface area contributed by atoms with Gasteiger partial charge in [-0.15, -0.1) is 0 Å². The highest BCUT2D eigenvalue weighted by molar-refractivity contribution is 5.97. The second kappa shape index (κ2) is 11.8. The Morgan fingerprint density at radius 3 is 2.77 bits per heavy atom. The molecule has 0 bridgehead atoms. The van der Waals surface area contributed by atoms with Crippen molar-refractivity contribution in [3.63, 3.8) is 0 Å². The molecule has 0 saturated carbocycles. The number of ether oxygens (including phenoxy) is 2. The lowest BCUT2D eigenvalue weighted by Crippen LogP contribution is -2.50. The molecule has 3 rings (SSSR count). The molecular weight excluding hydrogens is 453 g/mol. The fraction of sp³-hybridized carbons (Fsp3) is 0.423. The molecule has 1 aromatic heterocycles. The minimum atomic E-state index is -0.498. The van der Waals surface area contributed by atoms with Gasteiger partial charge in [0.05, 0.1) is 19.2 Å². The molecule has 1 aliphatic heterocycles. The second-order valence-electron chi connectivity index (χ2n) is 8.63. The molecular formula is C26H30FN3O5. The van der Waals surface area contributed by atoms with Gasteiger partial charge in [0.15, 0.2) is 0 Å². The summed E-state index contributed by atoms with van der Waals surface area (Å²) in [5, 5.41) is 9.77. The molecule has 0 unspecified atom stereocenters. The van der Waals surface area contributed by atoms with Gasteiger partial charge in [-0.1, -0.05) is 18.8 Å². The topological polar surface area (TPSA) is 92.2 Å². The summed E-state index contributed by atoms with van der Waals surface area (Å²) in [5.74, 6) is 4.68. The summed E-state index contributed by atoms with van der Waals surface area (Å²) in [7, 11) is 3.18. The normalized spacial score (nSPS) is 18.3. The first-order valence-electron chi connectivity index (χ1n) is 11.3. The third-order valence-electron chi connectivity index (χ3n) is 5.86. The summed E-state index contributed by atoms with van der Waals surface area (Å²) in [6, 6.07) is 6.53. The molecule has 8 nitrogen and oxygen atoms in total. The number of carbonyl (C=O) groups is 2. The molecule has 1 aliphatic rings. The van der Waals surface area contributed by atoms with Crippen LogP contribution in [0.1, 0.15) is 40.1 Å². The summed E-state index contributed by atoms with van der Waals surface area (Å²) >= 11 is 0. The van der Waals surface area contributed by atoms with Crippen molar-refractivity contribution in [3.8, 4) is 17.7 Å². The zero-order valence-electron chi connectivity index (χ0n) is 20.3. The minimum Gasteiger partial charge on any atom is -0.472 e. The standard InChI is InChI=1S/C26H30FN3O5/c1-17-14-30(18(2)16-31)26(33)22-12-19(6-5-11-34-4)13-28-24(22)35-23(17)15-29(3)25(32)20-7-9-21(27)10-8-20/h7-10,12-13,17-18,23,31H,11,14-16H2,1-4H3/t17-,18-,23+/m0/s1. The van der Waals surface area contributed by atoms with Crippen LogP contribution in [-0.2, 0) is 4.74 Å². The average molecular weight is 484 g/mol. The van der Waals surface area contributed by atoms with Gasteiger partial charge >= 0.3 is 0 Å². The van der Waals surface area contributed by atoms with E-state index in [9.17, 15) is 19.1 Å². The van der Waals surface area contributed by atoms with Crippen LogP contribution in [0.3, 0.4) is 0 Å². The van der Waals surface area contributed by atoms with Gasteiger partial charge in [-0.25, -0.2) is 9.37 Å². The number of aromatic nitrogens is 1. The quantitative estimate of drug-likeness (QED) is 0.634. The summed E-state index contributed by atoms with van der Waals surface area (Å²) in [6.07, 6.45) is 1.02. The smallest absolute Gasteiger partial charge is 0.259 e. The van der Waals surface area contributed by atoms with E-state index in [-0.39, 0.29) is 48.9 Å². The van der Waals surface area contributed by atoms with Gasteiger partial charge in [0.25, 0.3) is 11.8 Å². The van der Waals surface area contributed by atoms with E-state index in [0.29, 0.717) is 17.7 Å².